The Balaban J connectivity index is 1.78. The molecule has 31 heavy (non-hydrogen) atoms. The van der Waals surface area contributed by atoms with E-state index in [4.69, 9.17) is 14.5 Å². The SMILES string of the molecule is COc1ccc(-c2nc(Sc3ccccc3[N+](=O)[O-])[nH]c2-c2ccc(OC)cc2)cc1. The molecule has 0 fully saturated rings. The standard InChI is InChI=1S/C23H19N3O4S/c1-29-17-11-7-15(8-12-17)21-22(16-9-13-18(30-2)14-10-16)25-23(24-21)31-20-6-4-3-5-19(20)26(27)28/h3-14H,1-2H3,(H,24,25). The first-order chi connectivity index (χ1) is 15.1. The Morgan fingerprint density at radius 3 is 2.03 bits per heavy atom. The molecular weight excluding hydrogens is 414 g/mol. The average Bonchev–Trinajstić information content (AvgIpc) is 3.23. The Kier molecular flexibility index (Phi) is 5.90. The van der Waals surface area contributed by atoms with E-state index >= 15 is 0 Å². The number of nitrogens with one attached hydrogen (secondary N) is 1. The van der Waals surface area contributed by atoms with E-state index in [0.29, 0.717) is 10.1 Å². The number of para-hydroxylation sites is 1. The van der Waals surface area contributed by atoms with Crippen LogP contribution in [0.3, 0.4) is 0 Å². The topological polar surface area (TPSA) is 90.3 Å². The molecule has 0 unspecified atom stereocenters. The summed E-state index contributed by atoms with van der Waals surface area (Å²) in [6.07, 6.45) is 0. The van der Waals surface area contributed by atoms with E-state index in [2.05, 4.69) is 4.98 Å². The molecule has 1 N–H and O–H groups in total. The number of benzene rings is 3. The van der Waals surface area contributed by atoms with Gasteiger partial charge in [0.2, 0.25) is 0 Å². The Morgan fingerprint density at radius 1 is 0.871 bits per heavy atom. The maximum absolute atomic E-state index is 11.4. The number of nitro groups is 1. The second kappa shape index (κ2) is 8.93. The van der Waals surface area contributed by atoms with Crippen LogP contribution in [0, 0.1) is 10.1 Å². The van der Waals surface area contributed by atoms with Crippen molar-refractivity contribution in [2.75, 3.05) is 14.2 Å². The zero-order chi connectivity index (χ0) is 21.8. The number of methoxy groups -OCH3 is 2. The molecule has 4 aromatic rings. The van der Waals surface area contributed by atoms with Crippen LogP contribution in [0.5, 0.6) is 11.5 Å². The number of rotatable bonds is 7. The minimum atomic E-state index is -0.389. The highest BCUT2D eigenvalue weighted by Crippen LogP contribution is 2.38. The second-order valence-corrected chi connectivity index (χ2v) is 7.58. The summed E-state index contributed by atoms with van der Waals surface area (Å²) in [6, 6.07) is 21.9. The smallest absolute Gasteiger partial charge is 0.283 e. The molecule has 8 heteroatoms. The van der Waals surface area contributed by atoms with E-state index in [-0.39, 0.29) is 10.6 Å². The fourth-order valence-electron chi connectivity index (χ4n) is 3.12. The maximum Gasteiger partial charge on any atom is 0.283 e. The van der Waals surface area contributed by atoms with E-state index in [1.54, 1.807) is 32.4 Å². The van der Waals surface area contributed by atoms with Crippen LogP contribution in [-0.4, -0.2) is 29.1 Å². The number of aromatic amines is 1. The average molecular weight is 433 g/mol. The Bertz CT molecular complexity index is 1140. The van der Waals surface area contributed by atoms with Crippen LogP contribution in [0.15, 0.2) is 82.8 Å². The summed E-state index contributed by atoms with van der Waals surface area (Å²) in [5, 5.41) is 11.9. The first kappa shape index (κ1) is 20.5. The van der Waals surface area contributed by atoms with Crippen molar-refractivity contribution in [2.24, 2.45) is 0 Å². The van der Waals surface area contributed by atoms with Crippen LogP contribution >= 0.6 is 11.8 Å². The summed E-state index contributed by atoms with van der Waals surface area (Å²) >= 11 is 1.22. The number of ether oxygens (including phenoxy) is 2. The van der Waals surface area contributed by atoms with Crippen molar-refractivity contribution in [3.63, 3.8) is 0 Å². The van der Waals surface area contributed by atoms with Gasteiger partial charge in [-0.05, 0) is 66.4 Å². The van der Waals surface area contributed by atoms with Crippen molar-refractivity contribution >= 4 is 17.4 Å². The molecule has 1 heterocycles. The molecule has 0 radical (unpaired) electrons. The third-order valence-corrected chi connectivity index (χ3v) is 5.64. The molecule has 0 saturated heterocycles. The molecule has 1 aromatic heterocycles. The highest BCUT2D eigenvalue weighted by molar-refractivity contribution is 7.99. The third-order valence-electron chi connectivity index (χ3n) is 4.69. The van der Waals surface area contributed by atoms with Gasteiger partial charge in [0, 0.05) is 17.2 Å². The van der Waals surface area contributed by atoms with Gasteiger partial charge < -0.3 is 14.5 Å². The Morgan fingerprint density at radius 2 is 1.45 bits per heavy atom. The summed E-state index contributed by atoms with van der Waals surface area (Å²) in [5.74, 6) is 1.50. The first-order valence-electron chi connectivity index (χ1n) is 9.39. The lowest BCUT2D eigenvalue weighted by molar-refractivity contribution is -0.387. The minimum absolute atomic E-state index is 0.0425. The maximum atomic E-state index is 11.4. The summed E-state index contributed by atoms with van der Waals surface area (Å²) in [7, 11) is 3.24. The molecule has 3 aromatic carbocycles. The predicted molar refractivity (Wildman–Crippen MR) is 120 cm³/mol. The molecule has 0 atom stereocenters. The van der Waals surface area contributed by atoms with Gasteiger partial charge in [0.1, 0.15) is 11.5 Å². The molecule has 0 spiro atoms. The molecule has 0 aliphatic rings. The quantitative estimate of drug-likeness (QED) is 0.292. The Labute approximate surface area is 183 Å². The zero-order valence-electron chi connectivity index (χ0n) is 16.9. The first-order valence-corrected chi connectivity index (χ1v) is 10.2. The monoisotopic (exact) mass is 433 g/mol. The number of nitro benzene ring substituents is 1. The van der Waals surface area contributed by atoms with Crippen LogP contribution in [0.4, 0.5) is 5.69 Å². The lowest BCUT2D eigenvalue weighted by Crippen LogP contribution is -1.90. The number of H-pyrrole nitrogens is 1. The van der Waals surface area contributed by atoms with Crippen LogP contribution in [0.1, 0.15) is 0 Å². The summed E-state index contributed by atoms with van der Waals surface area (Å²) in [4.78, 5) is 19.6. The van der Waals surface area contributed by atoms with Crippen LogP contribution < -0.4 is 9.47 Å². The van der Waals surface area contributed by atoms with Gasteiger partial charge in [0.15, 0.2) is 5.16 Å². The number of hydrogen-bond acceptors (Lipinski definition) is 6. The molecule has 0 aliphatic carbocycles. The van der Waals surface area contributed by atoms with E-state index in [0.717, 1.165) is 34.0 Å². The molecule has 156 valence electrons. The predicted octanol–water partition coefficient (Wildman–Crippen LogP) is 5.82. The number of nitrogens with zero attached hydrogens (tertiary/aromatic N) is 2. The van der Waals surface area contributed by atoms with Crippen LogP contribution in [0.2, 0.25) is 0 Å². The second-order valence-electron chi connectivity index (χ2n) is 6.55. The van der Waals surface area contributed by atoms with E-state index in [9.17, 15) is 10.1 Å². The van der Waals surface area contributed by atoms with Gasteiger partial charge >= 0.3 is 0 Å². The lowest BCUT2D eigenvalue weighted by Gasteiger charge is -2.06. The lowest BCUT2D eigenvalue weighted by atomic mass is 10.0. The van der Waals surface area contributed by atoms with Crippen LogP contribution in [0.25, 0.3) is 22.5 Å². The molecule has 0 saturated carbocycles. The van der Waals surface area contributed by atoms with Crippen LogP contribution in [-0.2, 0) is 0 Å². The van der Waals surface area contributed by atoms with Gasteiger partial charge in [-0.3, -0.25) is 10.1 Å². The number of imidazole rings is 1. The zero-order valence-corrected chi connectivity index (χ0v) is 17.7. The molecule has 0 amide bonds. The van der Waals surface area contributed by atoms with Gasteiger partial charge in [-0.2, -0.15) is 0 Å². The summed E-state index contributed by atoms with van der Waals surface area (Å²) in [6.45, 7) is 0. The van der Waals surface area contributed by atoms with Crippen molar-refractivity contribution in [3.8, 4) is 34.0 Å². The van der Waals surface area contributed by atoms with Gasteiger partial charge in [0.25, 0.3) is 5.69 Å². The van der Waals surface area contributed by atoms with Crippen molar-refractivity contribution in [2.45, 2.75) is 10.1 Å². The van der Waals surface area contributed by atoms with Gasteiger partial charge in [-0.25, -0.2) is 4.98 Å². The normalized spacial score (nSPS) is 10.6. The fraction of sp³-hybridized carbons (Fsp3) is 0.0870. The van der Waals surface area contributed by atoms with Gasteiger partial charge in [-0.15, -0.1) is 0 Å². The van der Waals surface area contributed by atoms with Crippen molar-refractivity contribution in [1.29, 1.82) is 0 Å². The fourth-order valence-corrected chi connectivity index (χ4v) is 4.01. The molecule has 0 aliphatic heterocycles. The number of hydrogen-bond donors (Lipinski definition) is 1. The molecule has 7 nitrogen and oxygen atoms in total. The largest absolute Gasteiger partial charge is 0.497 e. The van der Waals surface area contributed by atoms with Gasteiger partial charge in [-0.1, -0.05) is 12.1 Å². The van der Waals surface area contributed by atoms with E-state index in [1.807, 2.05) is 48.5 Å². The highest BCUT2D eigenvalue weighted by atomic mass is 32.2. The highest BCUT2D eigenvalue weighted by Gasteiger charge is 2.19. The molecule has 0 bridgehead atoms. The Hall–Kier alpha value is -3.78. The van der Waals surface area contributed by atoms with E-state index in [1.165, 1.54) is 17.8 Å². The minimum Gasteiger partial charge on any atom is -0.497 e. The van der Waals surface area contributed by atoms with Crippen molar-refractivity contribution < 1.29 is 14.4 Å². The van der Waals surface area contributed by atoms with Crippen molar-refractivity contribution in [3.05, 3.63) is 82.9 Å². The molecule has 4 rings (SSSR count). The third kappa shape index (κ3) is 4.39. The number of aromatic nitrogens is 2. The van der Waals surface area contributed by atoms with Gasteiger partial charge in [0.05, 0.1) is 35.4 Å². The summed E-state index contributed by atoms with van der Waals surface area (Å²) in [5.41, 5.74) is 3.43. The van der Waals surface area contributed by atoms with Crippen molar-refractivity contribution in [1.82, 2.24) is 9.97 Å². The van der Waals surface area contributed by atoms with E-state index < -0.39 is 0 Å². The summed E-state index contributed by atoms with van der Waals surface area (Å²) < 4.78 is 10.5. The molecular formula is C23H19N3O4S.